The number of hydrogen-bond donors (Lipinski definition) is 3. The number of sulfone groups is 1. The van der Waals surface area contributed by atoms with E-state index in [0.29, 0.717) is 23.9 Å². The summed E-state index contributed by atoms with van der Waals surface area (Å²) in [6.45, 7) is 5.38. The lowest BCUT2D eigenvalue weighted by molar-refractivity contribution is -0.122. The zero-order valence-electron chi connectivity index (χ0n) is 20.9. The number of rotatable bonds is 9. The van der Waals surface area contributed by atoms with Gasteiger partial charge in [0, 0.05) is 30.4 Å². The summed E-state index contributed by atoms with van der Waals surface area (Å²) in [4.78, 5) is 22.7. The first-order valence-corrected chi connectivity index (χ1v) is 14.2. The van der Waals surface area contributed by atoms with E-state index in [-0.39, 0.29) is 27.5 Å². The van der Waals surface area contributed by atoms with Gasteiger partial charge in [-0.15, -0.1) is 0 Å². The zero-order valence-corrected chi connectivity index (χ0v) is 22.4. The highest BCUT2D eigenvalue weighted by molar-refractivity contribution is 7.91. The maximum absolute atomic E-state index is 12.7. The number of carbonyl (C=O) groups is 1. The Bertz CT molecular complexity index is 1390. The van der Waals surface area contributed by atoms with Crippen LogP contribution in [0.15, 0.2) is 53.6 Å². The fourth-order valence-corrected chi connectivity index (χ4v) is 6.03. The number of piperidine rings is 1. The molecule has 0 spiro atoms. The molecule has 1 fully saturated rings. The molecule has 1 aromatic heterocycles. The van der Waals surface area contributed by atoms with Crippen molar-refractivity contribution >= 4 is 56.2 Å². The second-order valence-corrected chi connectivity index (χ2v) is 11.6. The Kier molecular flexibility index (Phi) is 8.19. The van der Waals surface area contributed by atoms with Gasteiger partial charge in [-0.05, 0) is 62.1 Å². The molecule has 2 heterocycles. The molecule has 0 atom stereocenters. The molecule has 4 rings (SSSR count). The van der Waals surface area contributed by atoms with Gasteiger partial charge in [-0.3, -0.25) is 4.79 Å². The Morgan fingerprint density at radius 3 is 2.54 bits per heavy atom. The minimum Gasteiger partial charge on any atom is -0.371 e. The average molecular weight is 543 g/mol. The first-order valence-electron chi connectivity index (χ1n) is 12.2. The van der Waals surface area contributed by atoms with Crippen molar-refractivity contribution in [3.05, 3.63) is 59.2 Å². The van der Waals surface area contributed by atoms with Gasteiger partial charge in [-0.1, -0.05) is 30.7 Å². The molecular weight excluding hydrogens is 512 g/mol. The minimum atomic E-state index is -3.45. The fraction of sp³-hybridized carbons (Fsp3) is 0.346. The summed E-state index contributed by atoms with van der Waals surface area (Å²) >= 11 is 6.35. The first kappa shape index (κ1) is 26.7. The van der Waals surface area contributed by atoms with E-state index in [4.69, 9.17) is 17.3 Å². The average Bonchev–Trinajstić information content (AvgIpc) is 2.87. The van der Waals surface area contributed by atoms with Crippen molar-refractivity contribution in [1.29, 1.82) is 0 Å². The predicted octanol–water partition coefficient (Wildman–Crippen LogP) is 4.81. The second-order valence-electron chi connectivity index (χ2n) is 9.12. The van der Waals surface area contributed by atoms with E-state index in [1.807, 2.05) is 26.0 Å². The summed E-state index contributed by atoms with van der Waals surface area (Å²) in [6, 6.07) is 12.8. The molecule has 1 saturated heterocycles. The Labute approximate surface area is 222 Å². The molecule has 1 amide bonds. The lowest BCUT2D eigenvalue weighted by atomic mass is 9.96. The van der Waals surface area contributed by atoms with Crippen molar-refractivity contribution in [3.8, 4) is 0 Å². The van der Waals surface area contributed by atoms with Gasteiger partial charge in [-0.2, -0.15) is 4.98 Å². The third-order valence-electron chi connectivity index (χ3n) is 6.41. The van der Waals surface area contributed by atoms with E-state index in [9.17, 15) is 13.2 Å². The predicted molar refractivity (Wildman–Crippen MR) is 148 cm³/mol. The summed E-state index contributed by atoms with van der Waals surface area (Å²) in [5, 5.41) is 6.56. The summed E-state index contributed by atoms with van der Waals surface area (Å²) in [5.74, 6) is 0.387. The van der Waals surface area contributed by atoms with Crippen LogP contribution in [-0.2, 0) is 14.6 Å². The smallest absolute Gasteiger partial charge is 0.229 e. The highest BCUT2D eigenvalue weighted by Gasteiger charge is 2.23. The van der Waals surface area contributed by atoms with Crippen LogP contribution in [0.4, 0.5) is 28.8 Å². The van der Waals surface area contributed by atoms with E-state index in [0.717, 1.165) is 42.9 Å². The minimum absolute atomic E-state index is 0.0500. The molecule has 0 radical (unpaired) electrons. The molecule has 1 aliphatic rings. The zero-order chi connectivity index (χ0) is 26.6. The van der Waals surface area contributed by atoms with Gasteiger partial charge < -0.3 is 21.3 Å². The maximum Gasteiger partial charge on any atom is 0.229 e. The summed E-state index contributed by atoms with van der Waals surface area (Å²) in [7, 11) is -3.45. The number of nitrogens with zero attached hydrogens (tertiary/aromatic N) is 3. The monoisotopic (exact) mass is 542 g/mol. The van der Waals surface area contributed by atoms with Crippen molar-refractivity contribution in [1.82, 2.24) is 9.97 Å². The number of nitrogens with two attached hydrogens (primary N) is 1. The van der Waals surface area contributed by atoms with Gasteiger partial charge >= 0.3 is 0 Å². The number of aromatic nitrogens is 2. The molecule has 11 heteroatoms. The molecule has 0 saturated carbocycles. The molecule has 196 valence electrons. The molecular formula is C26H31ClN6O3S. The van der Waals surface area contributed by atoms with Crippen LogP contribution in [0.2, 0.25) is 5.02 Å². The number of hydrogen-bond acceptors (Lipinski definition) is 8. The number of anilines is 5. The SMILES string of the molecule is CCCS(=O)(=O)c1ccccc1Nc1nc(Nc2ccc(N3CCC(C(N)=O)CC3)cc2C)ncc1Cl. The number of benzene rings is 2. The van der Waals surface area contributed by atoms with E-state index in [1.165, 1.54) is 6.20 Å². The van der Waals surface area contributed by atoms with Crippen LogP contribution in [0.1, 0.15) is 31.7 Å². The molecule has 0 aliphatic carbocycles. The van der Waals surface area contributed by atoms with Crippen LogP contribution in [0.5, 0.6) is 0 Å². The number of aryl methyl sites for hydroxylation is 1. The fourth-order valence-electron chi connectivity index (χ4n) is 4.39. The van der Waals surface area contributed by atoms with Gasteiger partial charge in [0.05, 0.1) is 22.5 Å². The largest absolute Gasteiger partial charge is 0.371 e. The molecule has 37 heavy (non-hydrogen) atoms. The summed E-state index contributed by atoms with van der Waals surface area (Å²) < 4.78 is 25.4. The van der Waals surface area contributed by atoms with Crippen molar-refractivity contribution in [3.63, 3.8) is 0 Å². The quantitative estimate of drug-likeness (QED) is 0.351. The molecule has 2 aromatic carbocycles. The number of amides is 1. The Hall–Kier alpha value is -3.37. The number of carbonyl (C=O) groups excluding carboxylic acids is 1. The lowest BCUT2D eigenvalue weighted by Gasteiger charge is -2.32. The summed E-state index contributed by atoms with van der Waals surface area (Å²) in [6.07, 6.45) is 3.50. The number of nitrogens with one attached hydrogen (secondary N) is 2. The van der Waals surface area contributed by atoms with Crippen LogP contribution in [0.3, 0.4) is 0 Å². The number of primary amides is 1. The topological polar surface area (TPSA) is 130 Å². The van der Waals surface area contributed by atoms with Crippen LogP contribution >= 0.6 is 11.6 Å². The summed E-state index contributed by atoms with van der Waals surface area (Å²) in [5.41, 5.74) is 8.77. The van der Waals surface area contributed by atoms with E-state index in [1.54, 1.807) is 24.3 Å². The van der Waals surface area contributed by atoms with E-state index < -0.39 is 9.84 Å². The van der Waals surface area contributed by atoms with Crippen LogP contribution in [-0.4, -0.2) is 43.1 Å². The van der Waals surface area contributed by atoms with Crippen molar-refractivity contribution in [2.24, 2.45) is 11.7 Å². The van der Waals surface area contributed by atoms with Gasteiger partial charge in [0.1, 0.15) is 5.02 Å². The normalized spacial score (nSPS) is 14.4. The van der Waals surface area contributed by atoms with Gasteiger partial charge in [0.25, 0.3) is 0 Å². The third-order valence-corrected chi connectivity index (χ3v) is 8.66. The van der Waals surface area contributed by atoms with Crippen LogP contribution < -0.4 is 21.3 Å². The highest BCUT2D eigenvalue weighted by Crippen LogP contribution is 2.31. The Morgan fingerprint density at radius 2 is 1.86 bits per heavy atom. The van der Waals surface area contributed by atoms with E-state index in [2.05, 4.69) is 31.6 Å². The Balaban J connectivity index is 1.51. The van der Waals surface area contributed by atoms with Gasteiger partial charge in [0.15, 0.2) is 15.7 Å². The van der Waals surface area contributed by atoms with Crippen LogP contribution in [0.25, 0.3) is 0 Å². The lowest BCUT2D eigenvalue weighted by Crippen LogP contribution is -2.38. The number of para-hydroxylation sites is 1. The molecule has 4 N–H and O–H groups in total. The van der Waals surface area contributed by atoms with Gasteiger partial charge in [0.2, 0.25) is 11.9 Å². The molecule has 1 aliphatic heterocycles. The molecule has 9 nitrogen and oxygen atoms in total. The standard InChI is InChI=1S/C26H31ClN6O3S/c1-3-14-37(35,36)23-7-5-4-6-22(23)30-25-20(27)16-29-26(32-25)31-21-9-8-19(15-17(21)2)33-12-10-18(11-13-33)24(28)34/h4-9,15-16,18H,3,10-14H2,1-2H3,(H2,28,34)(H2,29,30,31,32). The first-order chi connectivity index (χ1) is 17.7. The van der Waals surface area contributed by atoms with Crippen molar-refractivity contribution < 1.29 is 13.2 Å². The van der Waals surface area contributed by atoms with Crippen LogP contribution in [0, 0.1) is 12.8 Å². The molecule has 0 bridgehead atoms. The Morgan fingerprint density at radius 1 is 1.14 bits per heavy atom. The number of halogens is 1. The van der Waals surface area contributed by atoms with E-state index >= 15 is 0 Å². The molecule has 3 aromatic rings. The molecule has 0 unspecified atom stereocenters. The van der Waals surface area contributed by atoms with Gasteiger partial charge in [-0.25, -0.2) is 13.4 Å². The van der Waals surface area contributed by atoms with Crippen molar-refractivity contribution in [2.45, 2.75) is 38.0 Å². The second kappa shape index (κ2) is 11.4. The van der Waals surface area contributed by atoms with Crippen molar-refractivity contribution in [2.75, 3.05) is 34.4 Å². The maximum atomic E-state index is 12.7. The third kappa shape index (κ3) is 6.31. The highest BCUT2D eigenvalue weighted by atomic mass is 35.5.